The fourth-order valence-corrected chi connectivity index (χ4v) is 3.73. The van der Waals surface area contributed by atoms with Crippen molar-refractivity contribution in [3.05, 3.63) is 40.6 Å². The van der Waals surface area contributed by atoms with Crippen LogP contribution in [0.1, 0.15) is 29.6 Å². The number of aliphatic hydroxyl groups excluding tert-OH is 1. The van der Waals surface area contributed by atoms with Gasteiger partial charge < -0.3 is 9.67 Å². The third kappa shape index (κ3) is 2.95. The number of nitrogens with zero attached hydrogens (tertiary/aromatic N) is 3. The summed E-state index contributed by atoms with van der Waals surface area (Å²) in [6.07, 6.45) is 5.42. The molecule has 2 aromatic heterocycles. The fourth-order valence-electron chi connectivity index (χ4n) is 2.99. The highest BCUT2D eigenvalue weighted by Crippen LogP contribution is 2.29. The molecule has 2 unspecified atom stereocenters. The second-order valence-electron chi connectivity index (χ2n) is 5.56. The molecule has 0 saturated carbocycles. The minimum atomic E-state index is -0.457. The van der Waals surface area contributed by atoms with E-state index in [2.05, 4.69) is 27.4 Å². The number of imidazole rings is 1. The lowest BCUT2D eigenvalue weighted by Crippen LogP contribution is -2.37. The molecular formula is C15H21N3OS. The quantitative estimate of drug-likeness (QED) is 0.940. The number of aromatic nitrogens is 2. The summed E-state index contributed by atoms with van der Waals surface area (Å²) in [7, 11) is 1.94. The van der Waals surface area contributed by atoms with Crippen molar-refractivity contribution in [1.82, 2.24) is 14.5 Å². The van der Waals surface area contributed by atoms with Crippen molar-refractivity contribution in [3.8, 4) is 0 Å². The summed E-state index contributed by atoms with van der Waals surface area (Å²) in [6, 6.07) is 4.29. The van der Waals surface area contributed by atoms with E-state index in [0.29, 0.717) is 0 Å². The third-order valence-electron chi connectivity index (χ3n) is 4.07. The number of aryl methyl sites for hydroxylation is 1. The predicted octanol–water partition coefficient (Wildman–Crippen LogP) is 2.43. The molecule has 3 rings (SSSR count). The lowest BCUT2D eigenvalue weighted by molar-refractivity contribution is 0.0408. The molecule has 1 aliphatic heterocycles. The van der Waals surface area contributed by atoms with Gasteiger partial charge in [0.15, 0.2) is 0 Å². The van der Waals surface area contributed by atoms with Gasteiger partial charge in [-0.15, -0.1) is 11.3 Å². The van der Waals surface area contributed by atoms with Crippen molar-refractivity contribution < 1.29 is 5.11 Å². The summed E-state index contributed by atoms with van der Waals surface area (Å²) in [5, 5.41) is 12.7. The molecule has 1 fully saturated rings. The molecule has 5 heteroatoms. The molecule has 2 atom stereocenters. The first-order chi connectivity index (χ1) is 9.74. The molecule has 0 amide bonds. The normalized spacial score (nSPS) is 22.0. The number of likely N-dealkylation sites (tertiary alicyclic amines) is 1. The Morgan fingerprint density at radius 3 is 3.15 bits per heavy atom. The van der Waals surface area contributed by atoms with Crippen molar-refractivity contribution in [2.75, 3.05) is 13.1 Å². The molecule has 1 saturated heterocycles. The molecule has 0 aliphatic carbocycles. The second kappa shape index (κ2) is 6.08. The fraction of sp³-hybridized carbons (Fsp3) is 0.533. The Morgan fingerprint density at radius 1 is 1.55 bits per heavy atom. The van der Waals surface area contributed by atoms with Crippen LogP contribution in [0.5, 0.6) is 0 Å². The zero-order chi connectivity index (χ0) is 13.9. The van der Waals surface area contributed by atoms with Gasteiger partial charge in [0.2, 0.25) is 0 Å². The highest BCUT2D eigenvalue weighted by molar-refractivity contribution is 7.09. The molecule has 2 aromatic rings. The first kappa shape index (κ1) is 13.8. The molecule has 0 radical (unpaired) electrons. The van der Waals surface area contributed by atoms with E-state index in [1.54, 1.807) is 17.5 Å². The van der Waals surface area contributed by atoms with Crippen LogP contribution in [0.15, 0.2) is 29.9 Å². The molecule has 4 nitrogen and oxygen atoms in total. The average molecular weight is 291 g/mol. The number of hydrogen-bond acceptors (Lipinski definition) is 4. The molecule has 20 heavy (non-hydrogen) atoms. The maximum atomic E-state index is 10.6. The second-order valence-corrected chi connectivity index (χ2v) is 6.59. The van der Waals surface area contributed by atoms with Crippen LogP contribution in [0, 0.1) is 5.92 Å². The van der Waals surface area contributed by atoms with Crippen molar-refractivity contribution in [3.63, 3.8) is 0 Å². The average Bonchev–Trinajstić information content (AvgIpc) is 3.10. The van der Waals surface area contributed by atoms with E-state index in [1.807, 2.05) is 17.8 Å². The number of piperidine rings is 1. The summed E-state index contributed by atoms with van der Waals surface area (Å²) in [4.78, 5) is 8.14. The monoisotopic (exact) mass is 291 g/mol. The largest absolute Gasteiger partial charge is 0.385 e. The van der Waals surface area contributed by atoms with Gasteiger partial charge in [-0.2, -0.15) is 0 Å². The van der Waals surface area contributed by atoms with Crippen molar-refractivity contribution in [2.24, 2.45) is 13.0 Å². The van der Waals surface area contributed by atoms with Gasteiger partial charge in [-0.3, -0.25) is 4.90 Å². The molecule has 3 heterocycles. The summed E-state index contributed by atoms with van der Waals surface area (Å²) in [5.41, 5.74) is 0. The van der Waals surface area contributed by atoms with E-state index in [1.165, 1.54) is 4.88 Å². The maximum absolute atomic E-state index is 10.6. The van der Waals surface area contributed by atoms with Gasteiger partial charge in [0, 0.05) is 43.3 Å². The maximum Gasteiger partial charge on any atom is 0.137 e. The van der Waals surface area contributed by atoms with E-state index in [0.717, 1.165) is 38.3 Å². The SMILES string of the molecule is Cn1ccnc1C(O)C1CCCN(Cc2cccs2)C1. The molecule has 0 spiro atoms. The van der Waals surface area contributed by atoms with E-state index >= 15 is 0 Å². The van der Waals surface area contributed by atoms with Gasteiger partial charge in [0.25, 0.3) is 0 Å². The highest BCUT2D eigenvalue weighted by atomic mass is 32.1. The van der Waals surface area contributed by atoms with Crippen LogP contribution in [0.2, 0.25) is 0 Å². The molecule has 0 bridgehead atoms. The Balaban J connectivity index is 1.64. The first-order valence-electron chi connectivity index (χ1n) is 7.14. The summed E-state index contributed by atoms with van der Waals surface area (Å²) < 4.78 is 1.92. The van der Waals surface area contributed by atoms with Crippen LogP contribution in [0.3, 0.4) is 0 Å². The predicted molar refractivity (Wildman–Crippen MR) is 80.5 cm³/mol. The van der Waals surface area contributed by atoms with Gasteiger partial charge in [0.05, 0.1) is 0 Å². The van der Waals surface area contributed by atoms with Gasteiger partial charge in [-0.1, -0.05) is 6.07 Å². The Labute approximate surface area is 123 Å². The van der Waals surface area contributed by atoms with Crippen LogP contribution in [0.4, 0.5) is 0 Å². The standard InChI is InChI=1S/C15H21N3OS/c1-17-8-6-16-15(17)14(19)12-4-2-7-18(10-12)11-13-5-3-9-20-13/h3,5-6,8-9,12,14,19H,2,4,7,10-11H2,1H3. The van der Waals surface area contributed by atoms with Gasteiger partial charge >= 0.3 is 0 Å². The summed E-state index contributed by atoms with van der Waals surface area (Å²) in [5.74, 6) is 1.07. The molecule has 1 N–H and O–H groups in total. The minimum Gasteiger partial charge on any atom is -0.385 e. The van der Waals surface area contributed by atoms with Crippen molar-refractivity contribution >= 4 is 11.3 Å². The summed E-state index contributed by atoms with van der Waals surface area (Å²) >= 11 is 1.81. The smallest absolute Gasteiger partial charge is 0.137 e. The number of thiophene rings is 1. The zero-order valence-corrected chi connectivity index (χ0v) is 12.6. The van der Waals surface area contributed by atoms with E-state index in [4.69, 9.17) is 0 Å². The Hall–Kier alpha value is -1.17. The van der Waals surface area contributed by atoms with E-state index in [-0.39, 0.29) is 5.92 Å². The van der Waals surface area contributed by atoms with E-state index < -0.39 is 6.10 Å². The van der Waals surface area contributed by atoms with Crippen LogP contribution in [-0.4, -0.2) is 32.6 Å². The van der Waals surface area contributed by atoms with Gasteiger partial charge in [-0.05, 0) is 30.8 Å². The van der Waals surface area contributed by atoms with Crippen LogP contribution >= 0.6 is 11.3 Å². The van der Waals surface area contributed by atoms with Crippen molar-refractivity contribution in [2.45, 2.75) is 25.5 Å². The number of aliphatic hydroxyl groups is 1. The Bertz CT molecular complexity index is 537. The lowest BCUT2D eigenvalue weighted by atomic mass is 9.92. The van der Waals surface area contributed by atoms with Gasteiger partial charge in [-0.25, -0.2) is 4.98 Å². The van der Waals surface area contributed by atoms with Crippen molar-refractivity contribution in [1.29, 1.82) is 0 Å². The topological polar surface area (TPSA) is 41.3 Å². The first-order valence-corrected chi connectivity index (χ1v) is 8.02. The Kier molecular flexibility index (Phi) is 4.19. The third-order valence-corrected chi connectivity index (χ3v) is 4.93. The molecule has 0 aromatic carbocycles. The number of rotatable bonds is 4. The zero-order valence-electron chi connectivity index (χ0n) is 11.8. The summed E-state index contributed by atoms with van der Waals surface area (Å²) in [6.45, 7) is 3.08. The van der Waals surface area contributed by atoms with Crippen LogP contribution in [-0.2, 0) is 13.6 Å². The number of hydrogen-bond donors (Lipinski definition) is 1. The molecule has 1 aliphatic rings. The minimum absolute atomic E-state index is 0.282. The highest BCUT2D eigenvalue weighted by Gasteiger charge is 2.29. The van der Waals surface area contributed by atoms with Crippen LogP contribution in [0.25, 0.3) is 0 Å². The van der Waals surface area contributed by atoms with Gasteiger partial charge in [0.1, 0.15) is 11.9 Å². The lowest BCUT2D eigenvalue weighted by Gasteiger charge is -2.34. The molecule has 108 valence electrons. The van der Waals surface area contributed by atoms with Crippen LogP contribution < -0.4 is 0 Å². The Morgan fingerprint density at radius 2 is 2.45 bits per heavy atom. The molecular weight excluding hydrogens is 270 g/mol. The van der Waals surface area contributed by atoms with E-state index in [9.17, 15) is 5.11 Å².